The molecule has 0 aromatic rings. The zero-order valence-electron chi connectivity index (χ0n) is 8.29. The van der Waals surface area contributed by atoms with Gasteiger partial charge in [0.2, 0.25) is 0 Å². The number of hydrogen-bond acceptors (Lipinski definition) is 4. The molecule has 0 bridgehead atoms. The normalized spacial score (nSPS) is 11.0. The molecule has 15 heavy (non-hydrogen) atoms. The van der Waals surface area contributed by atoms with Gasteiger partial charge in [-0.25, -0.2) is 9.59 Å². The Morgan fingerprint density at radius 1 is 1.13 bits per heavy atom. The van der Waals surface area contributed by atoms with E-state index < -0.39 is 11.9 Å². The Balaban J connectivity index is 4.05. The monoisotopic (exact) mass is 254 g/mol. The maximum absolute atomic E-state index is 11.1. The van der Waals surface area contributed by atoms with Crippen LogP contribution in [0.3, 0.4) is 0 Å². The van der Waals surface area contributed by atoms with Gasteiger partial charge in [-0.3, -0.25) is 0 Å². The average molecular weight is 255 g/mol. The van der Waals surface area contributed by atoms with Gasteiger partial charge in [0, 0.05) is 11.6 Å². The van der Waals surface area contributed by atoms with E-state index in [1.807, 2.05) is 0 Å². The van der Waals surface area contributed by atoms with Gasteiger partial charge in [-0.15, -0.1) is 23.2 Å². The summed E-state index contributed by atoms with van der Waals surface area (Å²) in [5, 5.41) is 0. The summed E-state index contributed by atoms with van der Waals surface area (Å²) >= 11 is 10.6. The second-order valence-electron chi connectivity index (χ2n) is 2.51. The van der Waals surface area contributed by atoms with Crippen molar-refractivity contribution in [2.45, 2.75) is 6.92 Å². The predicted molar refractivity (Wildman–Crippen MR) is 57.1 cm³/mol. The van der Waals surface area contributed by atoms with Gasteiger partial charge in [-0.2, -0.15) is 0 Å². The molecule has 0 fully saturated rings. The number of halogens is 2. The van der Waals surface area contributed by atoms with E-state index in [4.69, 9.17) is 23.2 Å². The van der Waals surface area contributed by atoms with E-state index in [0.29, 0.717) is 0 Å². The highest BCUT2D eigenvalue weighted by Gasteiger charge is 2.08. The molecule has 4 nitrogen and oxygen atoms in total. The van der Waals surface area contributed by atoms with E-state index in [-0.39, 0.29) is 30.5 Å². The van der Waals surface area contributed by atoms with Crippen LogP contribution in [0.15, 0.2) is 11.6 Å². The summed E-state index contributed by atoms with van der Waals surface area (Å²) < 4.78 is 9.32. The molecule has 0 atom stereocenters. The quantitative estimate of drug-likeness (QED) is 0.410. The molecule has 0 N–H and O–H groups in total. The van der Waals surface area contributed by atoms with Crippen molar-refractivity contribution in [1.82, 2.24) is 0 Å². The zero-order valence-corrected chi connectivity index (χ0v) is 9.81. The Labute approximate surface area is 98.1 Å². The molecule has 0 amide bonds. The van der Waals surface area contributed by atoms with Crippen molar-refractivity contribution in [2.75, 3.05) is 25.0 Å². The molecular weight excluding hydrogens is 243 g/mol. The van der Waals surface area contributed by atoms with Crippen molar-refractivity contribution in [3.63, 3.8) is 0 Å². The van der Waals surface area contributed by atoms with Gasteiger partial charge in [0.1, 0.15) is 13.2 Å². The van der Waals surface area contributed by atoms with E-state index in [2.05, 4.69) is 9.47 Å². The van der Waals surface area contributed by atoms with Crippen LogP contribution in [0.25, 0.3) is 0 Å². The van der Waals surface area contributed by atoms with Crippen LogP contribution in [-0.2, 0) is 19.1 Å². The third kappa shape index (κ3) is 7.22. The number of rotatable bonds is 6. The number of carbonyl (C=O) groups is 2. The van der Waals surface area contributed by atoms with Crippen molar-refractivity contribution < 1.29 is 19.1 Å². The first-order chi connectivity index (χ1) is 7.11. The van der Waals surface area contributed by atoms with Crippen molar-refractivity contribution in [2.24, 2.45) is 0 Å². The Hall–Kier alpha value is -0.740. The predicted octanol–water partition coefficient (Wildman–Crippen LogP) is 1.50. The molecule has 0 aliphatic rings. The highest BCUT2D eigenvalue weighted by Crippen LogP contribution is 1.98. The smallest absolute Gasteiger partial charge is 0.334 e. The van der Waals surface area contributed by atoms with Gasteiger partial charge in [0.25, 0.3) is 0 Å². The van der Waals surface area contributed by atoms with E-state index in [1.54, 1.807) is 0 Å². The number of carbonyl (C=O) groups excluding carboxylic acids is 2. The van der Waals surface area contributed by atoms with Crippen molar-refractivity contribution in [1.29, 1.82) is 0 Å². The van der Waals surface area contributed by atoms with Gasteiger partial charge < -0.3 is 9.47 Å². The molecule has 86 valence electrons. The molecule has 0 aliphatic carbocycles. The Bertz CT molecular complexity index is 250. The minimum absolute atomic E-state index is 0.112. The van der Waals surface area contributed by atoms with Crippen molar-refractivity contribution in [3.8, 4) is 0 Å². The van der Waals surface area contributed by atoms with Crippen LogP contribution in [0.5, 0.6) is 0 Å². The fraction of sp³-hybridized carbons (Fsp3) is 0.556. The number of hydrogen-bond donors (Lipinski definition) is 0. The second-order valence-corrected chi connectivity index (χ2v) is 3.26. The summed E-state index contributed by atoms with van der Waals surface area (Å²) in [6, 6.07) is 0. The number of esters is 2. The van der Waals surface area contributed by atoms with Gasteiger partial charge in [0.05, 0.1) is 11.8 Å². The third-order valence-electron chi connectivity index (χ3n) is 1.29. The first-order valence-corrected chi connectivity index (χ1v) is 5.32. The lowest BCUT2D eigenvalue weighted by atomic mass is 10.3. The standard InChI is InChI=1S/C9H12Cl2O4/c1-7(9(13)15-5-3-11)6-8(12)14-4-2-10/h6H,2-5H2,1H3/b7-6+. The van der Waals surface area contributed by atoms with Crippen molar-refractivity contribution >= 4 is 35.1 Å². The Morgan fingerprint density at radius 2 is 1.67 bits per heavy atom. The van der Waals surface area contributed by atoms with Crippen LogP contribution in [0.4, 0.5) is 0 Å². The Morgan fingerprint density at radius 3 is 2.20 bits per heavy atom. The van der Waals surface area contributed by atoms with Crippen LogP contribution in [-0.4, -0.2) is 36.9 Å². The highest BCUT2D eigenvalue weighted by atomic mass is 35.5. The Kier molecular flexibility index (Phi) is 8.14. The summed E-state index contributed by atoms with van der Waals surface area (Å²) in [7, 11) is 0. The van der Waals surface area contributed by atoms with Gasteiger partial charge >= 0.3 is 11.9 Å². The average Bonchev–Trinajstić information content (AvgIpc) is 2.22. The molecule has 0 aliphatic heterocycles. The topological polar surface area (TPSA) is 52.6 Å². The summed E-state index contributed by atoms with van der Waals surface area (Å²) in [5.74, 6) is -0.764. The summed E-state index contributed by atoms with van der Waals surface area (Å²) in [6.45, 7) is 1.68. The van der Waals surface area contributed by atoms with Crippen molar-refractivity contribution in [3.05, 3.63) is 11.6 Å². The van der Waals surface area contributed by atoms with E-state index in [0.717, 1.165) is 6.08 Å². The molecular formula is C9H12Cl2O4. The molecule has 0 rings (SSSR count). The van der Waals surface area contributed by atoms with Gasteiger partial charge in [-0.05, 0) is 6.92 Å². The summed E-state index contributed by atoms with van der Waals surface area (Å²) in [6.07, 6.45) is 1.06. The van der Waals surface area contributed by atoms with E-state index >= 15 is 0 Å². The summed E-state index contributed by atoms with van der Waals surface area (Å²) in [4.78, 5) is 22.1. The molecule has 6 heteroatoms. The molecule has 0 radical (unpaired) electrons. The van der Waals surface area contributed by atoms with Crippen LogP contribution in [0.1, 0.15) is 6.92 Å². The van der Waals surface area contributed by atoms with Crippen LogP contribution in [0, 0.1) is 0 Å². The molecule has 0 saturated heterocycles. The lowest BCUT2D eigenvalue weighted by Crippen LogP contribution is -2.11. The second kappa shape index (κ2) is 8.56. The fourth-order valence-corrected chi connectivity index (χ4v) is 0.816. The third-order valence-corrected chi connectivity index (χ3v) is 1.60. The first-order valence-electron chi connectivity index (χ1n) is 4.26. The highest BCUT2D eigenvalue weighted by molar-refractivity contribution is 6.18. The first kappa shape index (κ1) is 14.3. The minimum atomic E-state index is -0.615. The van der Waals surface area contributed by atoms with Crippen LogP contribution >= 0.6 is 23.2 Å². The van der Waals surface area contributed by atoms with Gasteiger partial charge in [0.15, 0.2) is 0 Å². The van der Waals surface area contributed by atoms with Crippen LogP contribution in [0.2, 0.25) is 0 Å². The van der Waals surface area contributed by atoms with Crippen LogP contribution < -0.4 is 0 Å². The maximum Gasteiger partial charge on any atom is 0.334 e. The van der Waals surface area contributed by atoms with E-state index in [9.17, 15) is 9.59 Å². The molecule has 0 spiro atoms. The molecule has 0 unspecified atom stereocenters. The lowest BCUT2D eigenvalue weighted by molar-refractivity contribution is -0.140. The number of alkyl halides is 2. The molecule has 0 aromatic heterocycles. The molecule has 0 aromatic carbocycles. The van der Waals surface area contributed by atoms with Gasteiger partial charge in [-0.1, -0.05) is 0 Å². The summed E-state index contributed by atoms with van der Waals surface area (Å²) in [5.41, 5.74) is 0.166. The van der Waals surface area contributed by atoms with E-state index in [1.165, 1.54) is 6.92 Å². The molecule has 0 heterocycles. The largest absolute Gasteiger partial charge is 0.461 e. The number of ether oxygens (including phenoxy) is 2. The lowest BCUT2D eigenvalue weighted by Gasteiger charge is -2.02. The molecule has 0 saturated carbocycles. The SMILES string of the molecule is C/C(=C\C(=O)OCCCl)C(=O)OCCCl. The maximum atomic E-state index is 11.1. The zero-order chi connectivity index (χ0) is 11.7. The fourth-order valence-electron chi connectivity index (χ4n) is 0.662. The minimum Gasteiger partial charge on any atom is -0.461 e.